The molecule has 0 heterocycles. The first-order valence-electron chi connectivity index (χ1n) is 5.39. The lowest BCUT2D eigenvalue weighted by atomic mass is 10.2. The van der Waals surface area contributed by atoms with Gasteiger partial charge >= 0.3 is 0 Å². The van der Waals surface area contributed by atoms with Gasteiger partial charge in [-0.3, -0.25) is 0 Å². The second-order valence-electron chi connectivity index (χ2n) is 3.80. The van der Waals surface area contributed by atoms with Crippen molar-refractivity contribution < 1.29 is 4.74 Å². The fraction of sp³-hybridized carbons (Fsp3) is 0.429. The molecule has 0 aliphatic rings. The molecule has 0 fully saturated rings. The Hall–Kier alpha value is -1.08. The van der Waals surface area contributed by atoms with Gasteiger partial charge in [-0.25, -0.2) is 0 Å². The minimum absolute atomic E-state index is 0.619. The van der Waals surface area contributed by atoms with E-state index in [-0.39, 0.29) is 0 Å². The van der Waals surface area contributed by atoms with Crippen LogP contribution in [0, 0.1) is 5.92 Å². The highest BCUT2D eigenvalue weighted by atomic mass is 16.5. The van der Waals surface area contributed by atoms with Gasteiger partial charge in [0, 0.05) is 6.61 Å². The summed E-state index contributed by atoms with van der Waals surface area (Å²) in [6.45, 7) is 11.1. The predicted molar refractivity (Wildman–Crippen MR) is 66.8 cm³/mol. The zero-order valence-electron chi connectivity index (χ0n) is 10.1. The van der Waals surface area contributed by atoms with Crippen LogP contribution < -0.4 is 0 Å². The number of hydrogen-bond acceptors (Lipinski definition) is 1. The Balaban J connectivity index is 0.000000583. The highest BCUT2D eigenvalue weighted by molar-refractivity contribution is 5.13. The van der Waals surface area contributed by atoms with E-state index in [1.165, 1.54) is 5.56 Å². The van der Waals surface area contributed by atoms with E-state index in [2.05, 4.69) is 32.6 Å². The van der Waals surface area contributed by atoms with E-state index in [0.717, 1.165) is 13.2 Å². The van der Waals surface area contributed by atoms with Crippen molar-refractivity contribution in [2.75, 3.05) is 6.61 Å². The molecule has 0 spiro atoms. The SMILES string of the molecule is C=CC.CC(C)COCc1ccccc1. The van der Waals surface area contributed by atoms with Gasteiger partial charge in [-0.05, 0) is 18.4 Å². The lowest BCUT2D eigenvalue weighted by Gasteiger charge is -2.05. The van der Waals surface area contributed by atoms with Crippen LogP contribution in [0.1, 0.15) is 26.3 Å². The normalized spacial score (nSPS) is 9.33. The molecule has 0 aromatic heterocycles. The molecule has 0 saturated heterocycles. The Morgan fingerprint density at radius 2 is 1.80 bits per heavy atom. The topological polar surface area (TPSA) is 9.23 Å². The van der Waals surface area contributed by atoms with E-state index in [4.69, 9.17) is 4.74 Å². The molecule has 15 heavy (non-hydrogen) atoms. The molecule has 0 radical (unpaired) electrons. The maximum absolute atomic E-state index is 5.48. The Bertz CT molecular complexity index is 239. The van der Waals surface area contributed by atoms with Gasteiger partial charge in [0.1, 0.15) is 0 Å². The van der Waals surface area contributed by atoms with Crippen LogP contribution in [0.2, 0.25) is 0 Å². The van der Waals surface area contributed by atoms with E-state index < -0.39 is 0 Å². The van der Waals surface area contributed by atoms with Crippen LogP contribution in [0.15, 0.2) is 43.0 Å². The van der Waals surface area contributed by atoms with Crippen molar-refractivity contribution >= 4 is 0 Å². The zero-order valence-corrected chi connectivity index (χ0v) is 10.1. The molecule has 1 aromatic carbocycles. The summed E-state index contributed by atoms with van der Waals surface area (Å²) >= 11 is 0. The Morgan fingerprint density at radius 3 is 2.27 bits per heavy atom. The number of rotatable bonds is 4. The molecule has 0 aliphatic heterocycles. The summed E-state index contributed by atoms with van der Waals surface area (Å²) in [7, 11) is 0. The average molecular weight is 206 g/mol. The smallest absolute Gasteiger partial charge is 0.0717 e. The summed E-state index contributed by atoms with van der Waals surface area (Å²) in [5.41, 5.74) is 1.25. The van der Waals surface area contributed by atoms with Crippen LogP contribution in [0.5, 0.6) is 0 Å². The summed E-state index contributed by atoms with van der Waals surface area (Å²) in [5, 5.41) is 0. The first-order chi connectivity index (χ1) is 7.20. The molecule has 0 atom stereocenters. The van der Waals surface area contributed by atoms with Crippen molar-refractivity contribution in [2.45, 2.75) is 27.4 Å². The van der Waals surface area contributed by atoms with Crippen molar-refractivity contribution in [1.82, 2.24) is 0 Å². The summed E-state index contributed by atoms with van der Waals surface area (Å²) in [5.74, 6) is 0.619. The molecule has 0 aliphatic carbocycles. The molecule has 0 N–H and O–H groups in total. The Kier molecular flexibility index (Phi) is 8.79. The third-order valence-corrected chi connectivity index (χ3v) is 1.56. The van der Waals surface area contributed by atoms with Gasteiger partial charge in [0.15, 0.2) is 0 Å². The summed E-state index contributed by atoms with van der Waals surface area (Å²) in [6.07, 6.45) is 1.75. The number of hydrogen-bond donors (Lipinski definition) is 0. The summed E-state index contributed by atoms with van der Waals surface area (Å²) in [4.78, 5) is 0. The van der Waals surface area contributed by atoms with E-state index in [0.29, 0.717) is 5.92 Å². The zero-order chi connectivity index (χ0) is 11.5. The van der Waals surface area contributed by atoms with E-state index in [1.807, 2.05) is 25.1 Å². The third kappa shape index (κ3) is 9.23. The molecule has 84 valence electrons. The van der Waals surface area contributed by atoms with Gasteiger partial charge < -0.3 is 4.74 Å². The molecule has 1 nitrogen and oxygen atoms in total. The Labute approximate surface area is 93.8 Å². The third-order valence-electron chi connectivity index (χ3n) is 1.56. The predicted octanol–water partition coefficient (Wildman–Crippen LogP) is 4.05. The molecule has 1 heteroatoms. The summed E-state index contributed by atoms with van der Waals surface area (Å²) < 4.78 is 5.48. The van der Waals surface area contributed by atoms with Crippen LogP contribution in [0.25, 0.3) is 0 Å². The fourth-order valence-electron chi connectivity index (χ4n) is 0.987. The van der Waals surface area contributed by atoms with Crippen molar-refractivity contribution in [1.29, 1.82) is 0 Å². The standard InChI is InChI=1S/C11H16O.C3H6/c1-10(2)8-12-9-11-6-4-3-5-7-11;1-3-2/h3-7,10H,8-9H2,1-2H3;3H,1H2,2H3. The van der Waals surface area contributed by atoms with Gasteiger partial charge in [0.25, 0.3) is 0 Å². The minimum atomic E-state index is 0.619. The quantitative estimate of drug-likeness (QED) is 0.675. The van der Waals surface area contributed by atoms with E-state index >= 15 is 0 Å². The number of benzene rings is 1. The second-order valence-corrected chi connectivity index (χ2v) is 3.80. The fourth-order valence-corrected chi connectivity index (χ4v) is 0.987. The molecule has 1 aromatic rings. The molecule has 0 saturated carbocycles. The molecule has 1 rings (SSSR count). The molecule has 0 amide bonds. The van der Waals surface area contributed by atoms with Crippen molar-refractivity contribution in [2.24, 2.45) is 5.92 Å². The van der Waals surface area contributed by atoms with Gasteiger partial charge in [-0.2, -0.15) is 0 Å². The maximum Gasteiger partial charge on any atom is 0.0717 e. The average Bonchev–Trinajstić information content (AvgIpc) is 2.20. The van der Waals surface area contributed by atoms with Crippen molar-refractivity contribution in [3.63, 3.8) is 0 Å². The first kappa shape index (κ1) is 13.9. The largest absolute Gasteiger partial charge is 0.377 e. The van der Waals surface area contributed by atoms with E-state index in [9.17, 15) is 0 Å². The maximum atomic E-state index is 5.48. The first-order valence-corrected chi connectivity index (χ1v) is 5.39. The van der Waals surface area contributed by atoms with Crippen LogP contribution in [-0.2, 0) is 11.3 Å². The van der Waals surface area contributed by atoms with Crippen molar-refractivity contribution in [3.05, 3.63) is 48.6 Å². The van der Waals surface area contributed by atoms with Crippen molar-refractivity contribution in [3.8, 4) is 0 Å². The van der Waals surface area contributed by atoms with Crippen LogP contribution in [-0.4, -0.2) is 6.61 Å². The number of ether oxygens (including phenoxy) is 1. The van der Waals surface area contributed by atoms with E-state index in [1.54, 1.807) is 6.08 Å². The molecule has 0 unspecified atom stereocenters. The summed E-state index contributed by atoms with van der Waals surface area (Å²) in [6, 6.07) is 10.3. The highest BCUT2D eigenvalue weighted by Gasteiger charge is 1.94. The van der Waals surface area contributed by atoms with Crippen LogP contribution in [0.4, 0.5) is 0 Å². The lowest BCUT2D eigenvalue weighted by Crippen LogP contribution is -2.01. The molecular weight excluding hydrogens is 184 g/mol. The van der Waals surface area contributed by atoms with Gasteiger partial charge in [-0.15, -0.1) is 6.58 Å². The molecular formula is C14H22O. The molecule has 0 bridgehead atoms. The number of allylic oxidation sites excluding steroid dienone is 1. The lowest BCUT2D eigenvalue weighted by molar-refractivity contribution is 0.0971. The van der Waals surface area contributed by atoms with Gasteiger partial charge in [-0.1, -0.05) is 50.3 Å². The van der Waals surface area contributed by atoms with Crippen LogP contribution >= 0.6 is 0 Å². The van der Waals surface area contributed by atoms with Crippen LogP contribution in [0.3, 0.4) is 0 Å². The minimum Gasteiger partial charge on any atom is -0.377 e. The van der Waals surface area contributed by atoms with Gasteiger partial charge in [0.05, 0.1) is 6.61 Å². The van der Waals surface area contributed by atoms with Gasteiger partial charge in [0.2, 0.25) is 0 Å². The second kappa shape index (κ2) is 9.47. The highest BCUT2D eigenvalue weighted by Crippen LogP contribution is 2.02. The Morgan fingerprint density at radius 1 is 1.27 bits per heavy atom. The monoisotopic (exact) mass is 206 g/mol.